The molecule has 0 unspecified atom stereocenters. The molecule has 1 aliphatic heterocycles. The van der Waals surface area contributed by atoms with E-state index in [1.54, 1.807) is 24.3 Å². The smallest absolute Gasteiger partial charge is 0.335 e. The van der Waals surface area contributed by atoms with Crippen LogP contribution in [0.1, 0.15) is 53.6 Å². The van der Waals surface area contributed by atoms with E-state index in [0.29, 0.717) is 17.4 Å². The fourth-order valence-corrected chi connectivity index (χ4v) is 5.45. The van der Waals surface area contributed by atoms with E-state index < -0.39 is 5.97 Å². The number of hydrazone groups is 1. The van der Waals surface area contributed by atoms with Gasteiger partial charge in [0.2, 0.25) is 5.69 Å². The van der Waals surface area contributed by atoms with Crippen LogP contribution in [0.2, 0.25) is 0 Å². The highest BCUT2D eigenvalue weighted by atomic mass is 16.4. The Kier molecular flexibility index (Phi) is 4.47. The molecule has 2 atom stereocenters. The first kappa shape index (κ1) is 18.7. The van der Waals surface area contributed by atoms with Crippen molar-refractivity contribution in [2.24, 2.45) is 16.9 Å². The van der Waals surface area contributed by atoms with Crippen LogP contribution >= 0.6 is 0 Å². The first-order chi connectivity index (χ1) is 14.6. The molecule has 2 aliphatic carbocycles. The van der Waals surface area contributed by atoms with E-state index in [1.807, 2.05) is 12.1 Å². The number of hydrogen-bond donors (Lipinski definition) is 2. The number of fused-ring (bicyclic) bond motifs is 3. The predicted octanol–water partition coefficient (Wildman–Crippen LogP) is 4.99. The number of carboxylic acid groups (broad SMARTS) is 1. The lowest BCUT2D eigenvalue weighted by atomic mass is 9.75. The maximum atomic E-state index is 11.4. The van der Waals surface area contributed by atoms with Crippen LogP contribution in [0.25, 0.3) is 4.85 Å². The van der Waals surface area contributed by atoms with Crippen LogP contribution in [-0.2, 0) is 6.42 Å². The normalized spacial score (nSPS) is 22.9. The Bertz CT molecular complexity index is 1100. The standard InChI is InChI=1S/C24H23N3O3/c1-25-20-11-8-17(13-21(20)28)27-23(14-4-2-3-5-14)19-10-6-15-12-16(24(29)30)7-9-18(15)22(19)26-27/h7-9,11-14,19,23,28H,2-6,10H2,(H,29,30)/t19-,23-/m0/s1. The number of aromatic hydroxyl groups is 1. The van der Waals surface area contributed by atoms with Crippen molar-refractivity contribution in [3.8, 4) is 5.75 Å². The quantitative estimate of drug-likeness (QED) is 0.711. The van der Waals surface area contributed by atoms with Gasteiger partial charge in [-0.3, -0.25) is 5.01 Å². The van der Waals surface area contributed by atoms with Crippen LogP contribution in [0.15, 0.2) is 41.5 Å². The van der Waals surface area contributed by atoms with Gasteiger partial charge >= 0.3 is 5.97 Å². The van der Waals surface area contributed by atoms with Gasteiger partial charge in [0.15, 0.2) is 0 Å². The van der Waals surface area contributed by atoms with E-state index in [0.717, 1.165) is 35.4 Å². The summed E-state index contributed by atoms with van der Waals surface area (Å²) >= 11 is 0. The van der Waals surface area contributed by atoms with Gasteiger partial charge in [0.05, 0.1) is 29.6 Å². The molecular formula is C24H23N3O3. The summed E-state index contributed by atoms with van der Waals surface area (Å²) in [4.78, 5) is 14.7. The molecule has 5 rings (SSSR count). The molecule has 2 N–H and O–H groups in total. The van der Waals surface area contributed by atoms with Crippen LogP contribution < -0.4 is 5.01 Å². The topological polar surface area (TPSA) is 77.5 Å². The van der Waals surface area contributed by atoms with E-state index in [4.69, 9.17) is 11.7 Å². The van der Waals surface area contributed by atoms with Crippen molar-refractivity contribution < 1.29 is 15.0 Å². The number of nitrogens with zero attached hydrogens (tertiary/aromatic N) is 3. The number of carboxylic acids is 1. The lowest BCUT2D eigenvalue weighted by Crippen LogP contribution is -2.40. The van der Waals surface area contributed by atoms with Crippen LogP contribution in [0.4, 0.5) is 11.4 Å². The summed E-state index contributed by atoms with van der Waals surface area (Å²) in [6.45, 7) is 7.18. The molecule has 152 valence electrons. The van der Waals surface area contributed by atoms with Crippen molar-refractivity contribution in [3.05, 3.63) is 64.5 Å². The first-order valence-electron chi connectivity index (χ1n) is 10.5. The highest BCUT2D eigenvalue weighted by Crippen LogP contribution is 2.45. The number of carbonyl (C=O) groups is 1. The number of rotatable bonds is 3. The molecule has 3 aliphatic rings. The molecule has 1 fully saturated rings. The molecule has 0 aromatic heterocycles. The molecule has 1 heterocycles. The summed E-state index contributed by atoms with van der Waals surface area (Å²) in [5, 5.41) is 26.7. The monoisotopic (exact) mass is 401 g/mol. The zero-order chi connectivity index (χ0) is 20.8. The average Bonchev–Trinajstić information content (AvgIpc) is 3.40. The second kappa shape index (κ2) is 7.17. The molecule has 0 bridgehead atoms. The third kappa shape index (κ3) is 2.93. The van der Waals surface area contributed by atoms with Crippen LogP contribution in [0.3, 0.4) is 0 Å². The number of aryl methyl sites for hydroxylation is 1. The number of aromatic carboxylic acids is 1. The molecular weight excluding hydrogens is 378 g/mol. The maximum Gasteiger partial charge on any atom is 0.335 e. The Morgan fingerprint density at radius 2 is 1.93 bits per heavy atom. The summed E-state index contributed by atoms with van der Waals surface area (Å²) in [6.07, 6.45) is 6.61. The molecule has 0 radical (unpaired) electrons. The van der Waals surface area contributed by atoms with Crippen LogP contribution in [0.5, 0.6) is 5.75 Å². The number of hydrogen-bond acceptors (Lipinski definition) is 4. The van der Waals surface area contributed by atoms with Crippen molar-refractivity contribution in [2.45, 2.75) is 44.6 Å². The molecule has 2 aromatic rings. The summed E-state index contributed by atoms with van der Waals surface area (Å²) in [5.74, 6) is -0.0962. The van der Waals surface area contributed by atoms with E-state index in [1.165, 1.54) is 25.7 Å². The SMILES string of the molecule is [C-]#[N+]c1ccc(N2N=C3c4ccc(C(=O)O)cc4CC[C@@H]3[C@@H]2C2CCCC2)cc1O. The van der Waals surface area contributed by atoms with Gasteiger partial charge in [0.1, 0.15) is 5.75 Å². The minimum atomic E-state index is -0.908. The Morgan fingerprint density at radius 1 is 1.13 bits per heavy atom. The van der Waals surface area contributed by atoms with Crippen LogP contribution in [-0.4, -0.2) is 27.9 Å². The molecule has 2 aromatic carbocycles. The Balaban J connectivity index is 1.59. The Morgan fingerprint density at radius 3 is 2.63 bits per heavy atom. The lowest BCUT2D eigenvalue weighted by Gasteiger charge is -2.34. The van der Waals surface area contributed by atoms with E-state index in [9.17, 15) is 15.0 Å². The van der Waals surface area contributed by atoms with Crippen LogP contribution in [0, 0.1) is 18.4 Å². The Labute approximate surface area is 175 Å². The van der Waals surface area contributed by atoms with Crippen molar-refractivity contribution in [2.75, 3.05) is 5.01 Å². The second-order valence-electron chi connectivity index (χ2n) is 8.47. The largest absolute Gasteiger partial charge is 0.519 e. The zero-order valence-electron chi connectivity index (χ0n) is 16.6. The van der Waals surface area contributed by atoms with Gasteiger partial charge in [-0.2, -0.15) is 5.10 Å². The van der Waals surface area contributed by atoms with Gasteiger partial charge in [-0.1, -0.05) is 25.0 Å². The third-order valence-corrected chi connectivity index (χ3v) is 6.84. The number of phenolic OH excluding ortho intramolecular Hbond substituents is 1. The summed E-state index contributed by atoms with van der Waals surface area (Å²) in [7, 11) is 0. The summed E-state index contributed by atoms with van der Waals surface area (Å²) < 4.78 is 0. The van der Waals surface area contributed by atoms with Crippen molar-refractivity contribution in [1.82, 2.24) is 0 Å². The minimum absolute atomic E-state index is 0.0192. The average molecular weight is 401 g/mol. The summed E-state index contributed by atoms with van der Waals surface area (Å²) in [5.41, 5.74) is 4.48. The van der Waals surface area contributed by atoms with Gasteiger partial charge in [0.25, 0.3) is 0 Å². The Hall–Kier alpha value is -3.33. The van der Waals surface area contributed by atoms with E-state index in [-0.39, 0.29) is 17.5 Å². The third-order valence-electron chi connectivity index (χ3n) is 6.84. The highest BCUT2D eigenvalue weighted by molar-refractivity contribution is 6.07. The fraction of sp³-hybridized carbons (Fsp3) is 0.375. The van der Waals surface area contributed by atoms with Gasteiger partial charge < -0.3 is 10.2 Å². The van der Waals surface area contributed by atoms with E-state index in [2.05, 4.69) is 9.85 Å². The molecule has 6 heteroatoms. The fourth-order valence-electron chi connectivity index (χ4n) is 5.45. The second-order valence-corrected chi connectivity index (χ2v) is 8.47. The van der Waals surface area contributed by atoms with Crippen molar-refractivity contribution in [3.63, 3.8) is 0 Å². The van der Waals surface area contributed by atoms with E-state index >= 15 is 0 Å². The summed E-state index contributed by atoms with van der Waals surface area (Å²) in [6, 6.07) is 10.7. The zero-order valence-corrected chi connectivity index (χ0v) is 16.6. The molecule has 0 saturated heterocycles. The maximum absolute atomic E-state index is 11.4. The number of benzene rings is 2. The first-order valence-corrected chi connectivity index (χ1v) is 10.5. The minimum Gasteiger partial charge on any atom is -0.519 e. The number of anilines is 1. The van der Waals surface area contributed by atoms with Gasteiger partial charge in [-0.15, -0.1) is 0 Å². The molecule has 1 saturated carbocycles. The van der Waals surface area contributed by atoms with Gasteiger partial charge in [-0.25, -0.2) is 9.64 Å². The lowest BCUT2D eigenvalue weighted by molar-refractivity contribution is 0.0696. The molecule has 6 nitrogen and oxygen atoms in total. The van der Waals surface area contributed by atoms with Gasteiger partial charge in [-0.05, 0) is 61.4 Å². The molecule has 30 heavy (non-hydrogen) atoms. The molecule has 0 spiro atoms. The number of phenols is 1. The predicted molar refractivity (Wildman–Crippen MR) is 114 cm³/mol. The molecule has 0 amide bonds. The van der Waals surface area contributed by atoms with Crippen molar-refractivity contribution in [1.29, 1.82) is 0 Å². The van der Waals surface area contributed by atoms with Crippen molar-refractivity contribution >= 4 is 23.1 Å². The highest BCUT2D eigenvalue weighted by Gasteiger charge is 2.45. The van der Waals surface area contributed by atoms with Gasteiger partial charge in [0, 0.05) is 11.5 Å².